The Morgan fingerprint density at radius 2 is 1.76 bits per heavy atom. The van der Waals surface area contributed by atoms with Gasteiger partial charge in [0.15, 0.2) is 0 Å². The number of fused-ring (bicyclic) bond motifs is 1. The van der Waals surface area contributed by atoms with Crippen LogP contribution in [-0.2, 0) is 19.3 Å². The Kier molecular flexibility index (Phi) is 3.86. The second-order valence-electron chi connectivity index (χ2n) is 6.74. The van der Waals surface area contributed by atoms with Crippen LogP contribution in [0.2, 0.25) is 0 Å². The summed E-state index contributed by atoms with van der Waals surface area (Å²) in [4.78, 5) is 0. The molecule has 0 amide bonds. The van der Waals surface area contributed by atoms with Crippen LogP contribution >= 0.6 is 0 Å². The van der Waals surface area contributed by atoms with Crippen molar-refractivity contribution in [2.75, 3.05) is 6.54 Å². The van der Waals surface area contributed by atoms with Crippen LogP contribution in [0.3, 0.4) is 0 Å². The van der Waals surface area contributed by atoms with Crippen molar-refractivity contribution >= 4 is 0 Å². The summed E-state index contributed by atoms with van der Waals surface area (Å²) >= 11 is 0. The van der Waals surface area contributed by atoms with Crippen LogP contribution in [0.1, 0.15) is 34.2 Å². The molecule has 110 valence electrons. The molecule has 1 aliphatic rings. The Hall–Kier alpha value is -1.60. The Morgan fingerprint density at radius 1 is 1.00 bits per heavy atom. The minimum Gasteiger partial charge on any atom is -0.330 e. The van der Waals surface area contributed by atoms with Crippen molar-refractivity contribution in [2.24, 2.45) is 11.1 Å². The molecule has 3 rings (SSSR count). The van der Waals surface area contributed by atoms with E-state index in [1.165, 1.54) is 34.2 Å². The van der Waals surface area contributed by atoms with E-state index in [2.05, 4.69) is 56.3 Å². The van der Waals surface area contributed by atoms with Gasteiger partial charge in [-0.25, -0.2) is 0 Å². The van der Waals surface area contributed by atoms with Crippen LogP contribution in [0.5, 0.6) is 0 Å². The van der Waals surface area contributed by atoms with E-state index in [1.54, 1.807) is 0 Å². The van der Waals surface area contributed by atoms with Gasteiger partial charge in [-0.1, -0.05) is 42.5 Å². The van der Waals surface area contributed by atoms with E-state index in [1.807, 2.05) is 0 Å². The van der Waals surface area contributed by atoms with Gasteiger partial charge in [0, 0.05) is 0 Å². The number of hydrogen-bond donors (Lipinski definition) is 1. The summed E-state index contributed by atoms with van der Waals surface area (Å²) in [6.07, 6.45) is 4.58. The van der Waals surface area contributed by atoms with E-state index in [4.69, 9.17) is 5.73 Å². The van der Waals surface area contributed by atoms with Crippen LogP contribution < -0.4 is 5.73 Å². The lowest BCUT2D eigenvalue weighted by Crippen LogP contribution is -2.38. The molecule has 0 fully saturated rings. The summed E-state index contributed by atoms with van der Waals surface area (Å²) in [6.45, 7) is 5.15. The fourth-order valence-electron chi connectivity index (χ4n) is 3.61. The standard InChI is InChI=1S/C20H25N/c1-15-7-8-17(11-16(15)2)12-20(14-21)10-9-18-5-3-4-6-19(18)13-20/h3-8,11H,9-10,12-14,21H2,1-2H3. The first-order valence-electron chi connectivity index (χ1n) is 7.95. The summed E-state index contributed by atoms with van der Waals surface area (Å²) in [6, 6.07) is 15.7. The van der Waals surface area contributed by atoms with Crippen LogP contribution in [0.15, 0.2) is 42.5 Å². The molecule has 1 heteroatoms. The van der Waals surface area contributed by atoms with Gasteiger partial charge in [-0.05, 0) is 79.3 Å². The SMILES string of the molecule is Cc1ccc(CC2(CN)CCc3ccccc3C2)cc1C. The van der Waals surface area contributed by atoms with Crippen molar-refractivity contribution in [1.29, 1.82) is 0 Å². The third-order valence-electron chi connectivity index (χ3n) is 5.19. The number of rotatable bonds is 3. The molecule has 21 heavy (non-hydrogen) atoms. The highest BCUT2D eigenvalue weighted by Gasteiger charge is 2.33. The van der Waals surface area contributed by atoms with Crippen molar-refractivity contribution in [3.8, 4) is 0 Å². The van der Waals surface area contributed by atoms with E-state index in [0.717, 1.165) is 25.8 Å². The summed E-state index contributed by atoms with van der Waals surface area (Å²) in [7, 11) is 0. The zero-order chi connectivity index (χ0) is 14.9. The molecule has 0 aromatic heterocycles. The van der Waals surface area contributed by atoms with Gasteiger partial charge in [-0.2, -0.15) is 0 Å². The lowest BCUT2D eigenvalue weighted by Gasteiger charge is -2.37. The molecule has 0 spiro atoms. The van der Waals surface area contributed by atoms with E-state index >= 15 is 0 Å². The lowest BCUT2D eigenvalue weighted by atomic mass is 9.68. The maximum absolute atomic E-state index is 6.21. The maximum atomic E-state index is 6.21. The predicted octanol–water partition coefficient (Wildman–Crippen LogP) is 3.98. The van der Waals surface area contributed by atoms with Gasteiger partial charge in [-0.3, -0.25) is 0 Å². The van der Waals surface area contributed by atoms with Gasteiger partial charge in [-0.15, -0.1) is 0 Å². The van der Waals surface area contributed by atoms with Crippen LogP contribution in [0.4, 0.5) is 0 Å². The molecule has 0 saturated heterocycles. The van der Waals surface area contributed by atoms with Crippen LogP contribution in [0.25, 0.3) is 0 Å². The highest BCUT2D eigenvalue weighted by molar-refractivity contribution is 5.34. The van der Waals surface area contributed by atoms with Crippen molar-refractivity contribution in [1.82, 2.24) is 0 Å². The number of benzene rings is 2. The van der Waals surface area contributed by atoms with Crippen molar-refractivity contribution in [3.63, 3.8) is 0 Å². The zero-order valence-electron chi connectivity index (χ0n) is 13.2. The quantitative estimate of drug-likeness (QED) is 0.903. The number of aryl methyl sites for hydroxylation is 3. The summed E-state index contributed by atoms with van der Waals surface area (Å²) < 4.78 is 0. The normalized spacial score (nSPS) is 21.1. The molecule has 1 nitrogen and oxygen atoms in total. The van der Waals surface area contributed by atoms with Gasteiger partial charge < -0.3 is 5.73 Å². The van der Waals surface area contributed by atoms with E-state index in [0.29, 0.717) is 0 Å². The molecule has 2 N–H and O–H groups in total. The van der Waals surface area contributed by atoms with Crippen LogP contribution in [0, 0.1) is 19.3 Å². The minimum atomic E-state index is 0.232. The third kappa shape index (κ3) is 2.89. The van der Waals surface area contributed by atoms with Gasteiger partial charge in [0.1, 0.15) is 0 Å². The molecule has 0 saturated carbocycles. The largest absolute Gasteiger partial charge is 0.330 e. The number of hydrogen-bond acceptors (Lipinski definition) is 1. The first kappa shape index (κ1) is 14.3. The summed E-state index contributed by atoms with van der Waals surface area (Å²) in [5, 5.41) is 0. The predicted molar refractivity (Wildman–Crippen MR) is 89.6 cm³/mol. The maximum Gasteiger partial charge on any atom is -0.00140 e. The molecule has 0 radical (unpaired) electrons. The molecule has 2 aromatic rings. The second-order valence-corrected chi connectivity index (χ2v) is 6.74. The van der Waals surface area contributed by atoms with Crippen molar-refractivity contribution in [3.05, 3.63) is 70.3 Å². The third-order valence-corrected chi connectivity index (χ3v) is 5.19. The molecule has 2 aromatic carbocycles. The Labute approximate surface area is 128 Å². The Bertz CT molecular complexity index is 644. The molecule has 0 bridgehead atoms. The first-order chi connectivity index (χ1) is 10.1. The molecule has 1 unspecified atom stereocenters. The van der Waals surface area contributed by atoms with E-state index in [-0.39, 0.29) is 5.41 Å². The van der Waals surface area contributed by atoms with Crippen molar-refractivity contribution < 1.29 is 0 Å². The highest BCUT2D eigenvalue weighted by Crippen LogP contribution is 2.37. The van der Waals surface area contributed by atoms with E-state index in [9.17, 15) is 0 Å². The first-order valence-corrected chi connectivity index (χ1v) is 7.95. The summed E-state index contributed by atoms with van der Waals surface area (Å²) in [5.41, 5.74) is 13.6. The smallest absolute Gasteiger partial charge is 0.00140 e. The topological polar surface area (TPSA) is 26.0 Å². The lowest BCUT2D eigenvalue weighted by molar-refractivity contribution is 0.254. The molecular formula is C20H25N. The molecule has 0 aliphatic heterocycles. The highest BCUT2D eigenvalue weighted by atomic mass is 14.6. The van der Waals surface area contributed by atoms with Gasteiger partial charge in [0.25, 0.3) is 0 Å². The van der Waals surface area contributed by atoms with Crippen LogP contribution in [-0.4, -0.2) is 6.54 Å². The monoisotopic (exact) mass is 279 g/mol. The molecule has 1 aliphatic carbocycles. The Balaban J connectivity index is 1.86. The van der Waals surface area contributed by atoms with Gasteiger partial charge >= 0.3 is 0 Å². The van der Waals surface area contributed by atoms with Gasteiger partial charge in [0.05, 0.1) is 0 Å². The fourth-order valence-corrected chi connectivity index (χ4v) is 3.61. The van der Waals surface area contributed by atoms with Gasteiger partial charge in [0.2, 0.25) is 0 Å². The average Bonchev–Trinajstić information content (AvgIpc) is 2.51. The second kappa shape index (κ2) is 5.65. The fraction of sp³-hybridized carbons (Fsp3) is 0.400. The zero-order valence-corrected chi connectivity index (χ0v) is 13.2. The minimum absolute atomic E-state index is 0.232. The molecule has 0 heterocycles. The average molecular weight is 279 g/mol. The number of nitrogens with two attached hydrogens (primary N) is 1. The van der Waals surface area contributed by atoms with E-state index < -0.39 is 0 Å². The van der Waals surface area contributed by atoms with Crippen molar-refractivity contribution in [2.45, 2.75) is 39.5 Å². The Morgan fingerprint density at radius 3 is 2.48 bits per heavy atom. The molecular weight excluding hydrogens is 254 g/mol. The molecule has 1 atom stereocenters. The summed E-state index contributed by atoms with van der Waals surface area (Å²) in [5.74, 6) is 0.